The number of hydrogen-bond donors (Lipinski definition) is 2. The van der Waals surface area contributed by atoms with Gasteiger partial charge in [-0.3, -0.25) is 24.6 Å². The van der Waals surface area contributed by atoms with E-state index in [0.717, 1.165) is 149 Å². The Bertz CT molecular complexity index is 2650. The maximum Gasteiger partial charge on any atom is 0.319 e. The number of anilines is 2. The number of nitrogens with one attached hydrogen (secondary N) is 1. The summed E-state index contributed by atoms with van der Waals surface area (Å²) in [6.45, 7) is 7.41. The fraction of sp³-hybridized carbons (Fsp3) is 0.471. The molecule has 5 amide bonds. The largest absolute Gasteiger partial charge is 0.457 e. The van der Waals surface area contributed by atoms with Crippen molar-refractivity contribution in [2.45, 2.75) is 88.9 Å². The summed E-state index contributed by atoms with van der Waals surface area (Å²) in [6.07, 6.45) is 10.4. The zero-order valence-corrected chi connectivity index (χ0v) is 38.0. The molecule has 16 heteroatoms. The molecule has 16 nitrogen and oxygen atoms in total. The van der Waals surface area contributed by atoms with E-state index in [1.807, 2.05) is 66.7 Å². The number of nitrogen functional groups attached to an aromatic ring is 1. The lowest BCUT2D eigenvalue weighted by atomic mass is 9.78. The number of imide groups is 1. The Morgan fingerprint density at radius 3 is 2.16 bits per heavy atom. The van der Waals surface area contributed by atoms with Gasteiger partial charge < -0.3 is 30.1 Å². The molecule has 5 fully saturated rings. The number of rotatable bonds is 8. The van der Waals surface area contributed by atoms with Crippen LogP contribution in [0.5, 0.6) is 11.5 Å². The van der Waals surface area contributed by atoms with E-state index in [1.54, 1.807) is 4.90 Å². The highest BCUT2D eigenvalue weighted by Gasteiger charge is 2.40. The summed E-state index contributed by atoms with van der Waals surface area (Å²) in [6, 6.07) is 23.9. The molecule has 3 aromatic carbocycles. The molecule has 5 aromatic rings. The van der Waals surface area contributed by atoms with Crippen molar-refractivity contribution in [3.05, 3.63) is 90.3 Å². The summed E-state index contributed by atoms with van der Waals surface area (Å²) < 4.78 is 8.12. The normalized spacial score (nSPS) is 22.7. The molecule has 6 aliphatic heterocycles. The minimum Gasteiger partial charge on any atom is -0.457 e. The van der Waals surface area contributed by atoms with Crippen LogP contribution in [-0.4, -0.2) is 128 Å². The van der Waals surface area contributed by atoms with Gasteiger partial charge in [0.15, 0.2) is 5.65 Å². The van der Waals surface area contributed by atoms with Crippen molar-refractivity contribution in [1.82, 2.24) is 44.7 Å². The molecule has 0 aliphatic carbocycles. The number of hydrogen-bond acceptors (Lipinski definition) is 11. The van der Waals surface area contributed by atoms with Crippen LogP contribution in [0.4, 0.5) is 16.3 Å². The van der Waals surface area contributed by atoms with Gasteiger partial charge >= 0.3 is 6.03 Å². The zero-order valence-electron chi connectivity index (χ0n) is 38.0. The molecular formula is C51H59N11O5. The van der Waals surface area contributed by atoms with Crippen LogP contribution >= 0.6 is 0 Å². The molecule has 0 saturated carbocycles. The number of urea groups is 1. The number of nitrogens with zero attached hydrogens (tertiary/aromatic N) is 9. The van der Waals surface area contributed by atoms with E-state index < -0.39 is 6.04 Å². The number of likely N-dealkylation sites (tertiary alicyclic amines) is 3. The van der Waals surface area contributed by atoms with E-state index in [4.69, 9.17) is 20.6 Å². The molecule has 2 atom stereocenters. The first kappa shape index (κ1) is 43.0. The fourth-order valence-electron chi connectivity index (χ4n) is 11.8. The van der Waals surface area contributed by atoms with Crippen molar-refractivity contribution in [3.63, 3.8) is 0 Å². The van der Waals surface area contributed by atoms with Gasteiger partial charge in [0.2, 0.25) is 11.8 Å². The quantitative estimate of drug-likeness (QED) is 0.163. The average Bonchev–Trinajstić information content (AvgIpc) is 3.92. The van der Waals surface area contributed by atoms with Crippen LogP contribution in [0.15, 0.2) is 79.1 Å². The standard InChI is InChI=1S/C51H59N11O5/c52-47-45-46(35-8-11-41(12-9-35)67-40-6-2-1-3-7-40)56-62(48(45)54-32-53-47)39-5-4-22-60(31-39)37-20-27-59(28-21-37)51(66)58-25-18-34(19-26-58)33-16-23-57(24-17-33)38-10-13-42-36(29-38)30-61(50(42)65)43-14-15-44(63)55-49(43)64/h1-3,6-13,29,32-34,37,39,43H,4-5,14-28,30-31H2,(H2,52,53,54)(H,55,63,64). The summed E-state index contributed by atoms with van der Waals surface area (Å²) in [7, 11) is 0. The highest BCUT2D eigenvalue weighted by Crippen LogP contribution is 2.38. The van der Waals surface area contributed by atoms with E-state index >= 15 is 0 Å². The SMILES string of the molecule is Nc1ncnc2c1c(-c1ccc(Oc3ccccc3)cc1)nn2C1CCCN(C2CCN(C(=O)N3CCC(C4CCN(c5ccc6c(c5)CN(C5CCC(=O)NC5=O)C6=O)CC4)CC3)CC2)C1. The van der Waals surface area contributed by atoms with Crippen molar-refractivity contribution >= 4 is 46.3 Å². The van der Waals surface area contributed by atoms with Crippen LogP contribution in [0.25, 0.3) is 22.3 Å². The van der Waals surface area contributed by atoms with Crippen molar-refractivity contribution in [2.75, 3.05) is 63.0 Å². The van der Waals surface area contributed by atoms with Crippen LogP contribution in [0, 0.1) is 11.8 Å². The number of piperidine rings is 5. The lowest BCUT2D eigenvalue weighted by molar-refractivity contribution is -0.136. The van der Waals surface area contributed by atoms with E-state index in [0.29, 0.717) is 42.2 Å². The Balaban J connectivity index is 0.651. The topological polar surface area (TPSA) is 175 Å². The molecule has 0 radical (unpaired) electrons. The maximum atomic E-state index is 13.9. The van der Waals surface area contributed by atoms with Crippen molar-refractivity contribution in [2.24, 2.45) is 11.8 Å². The molecule has 67 heavy (non-hydrogen) atoms. The molecule has 8 heterocycles. The Morgan fingerprint density at radius 1 is 0.731 bits per heavy atom. The lowest BCUT2D eigenvalue weighted by Gasteiger charge is -2.44. The zero-order chi connectivity index (χ0) is 45.6. The fourth-order valence-corrected chi connectivity index (χ4v) is 11.8. The molecule has 6 aliphatic rings. The number of carbonyl (C=O) groups is 4. The number of amides is 5. The van der Waals surface area contributed by atoms with Crippen molar-refractivity contribution in [1.29, 1.82) is 0 Å². The summed E-state index contributed by atoms with van der Waals surface area (Å²) in [5.74, 6) is 2.40. The van der Waals surface area contributed by atoms with Gasteiger partial charge in [0, 0.05) is 81.6 Å². The first-order valence-electron chi connectivity index (χ1n) is 24.4. The lowest BCUT2D eigenvalue weighted by Crippen LogP contribution is -2.53. The van der Waals surface area contributed by atoms with Gasteiger partial charge in [-0.05, 0) is 136 Å². The first-order valence-corrected chi connectivity index (χ1v) is 24.4. The molecule has 11 rings (SSSR count). The van der Waals surface area contributed by atoms with Crippen LogP contribution in [0.1, 0.15) is 86.2 Å². The maximum absolute atomic E-state index is 13.9. The molecule has 3 N–H and O–H groups in total. The second-order valence-electron chi connectivity index (χ2n) is 19.4. The van der Waals surface area contributed by atoms with Gasteiger partial charge in [-0.1, -0.05) is 18.2 Å². The number of aromatic nitrogens is 4. The first-order chi connectivity index (χ1) is 32.7. The molecule has 2 aromatic heterocycles. The van der Waals surface area contributed by atoms with Gasteiger partial charge in [-0.2, -0.15) is 5.10 Å². The Kier molecular flexibility index (Phi) is 11.7. The summed E-state index contributed by atoms with van der Waals surface area (Å²) in [4.78, 5) is 71.2. The number of ether oxygens (including phenoxy) is 1. The molecule has 5 saturated heterocycles. The van der Waals surface area contributed by atoms with Crippen molar-refractivity contribution < 1.29 is 23.9 Å². The van der Waals surface area contributed by atoms with Gasteiger partial charge in [0.25, 0.3) is 5.91 Å². The predicted molar refractivity (Wildman–Crippen MR) is 253 cm³/mol. The van der Waals surface area contributed by atoms with Crippen LogP contribution in [0.2, 0.25) is 0 Å². The van der Waals surface area contributed by atoms with E-state index in [1.165, 1.54) is 6.33 Å². The molecule has 0 bridgehead atoms. The Labute approximate surface area is 390 Å². The number of nitrogens with two attached hydrogens (primary N) is 1. The summed E-state index contributed by atoms with van der Waals surface area (Å²) >= 11 is 0. The van der Waals surface area contributed by atoms with E-state index in [2.05, 4.69) is 40.6 Å². The molecule has 348 valence electrons. The smallest absolute Gasteiger partial charge is 0.319 e. The minimum absolute atomic E-state index is 0.136. The molecular weight excluding hydrogens is 847 g/mol. The number of para-hydroxylation sites is 1. The third-order valence-electron chi connectivity index (χ3n) is 15.5. The van der Waals surface area contributed by atoms with Gasteiger partial charge in [0.1, 0.15) is 35.4 Å². The molecule has 0 spiro atoms. The summed E-state index contributed by atoms with van der Waals surface area (Å²) in [5, 5.41) is 8.34. The highest BCUT2D eigenvalue weighted by molar-refractivity contribution is 6.05. The minimum atomic E-state index is -0.604. The number of fused-ring (bicyclic) bond motifs is 2. The average molecular weight is 906 g/mol. The number of benzene rings is 3. The van der Waals surface area contributed by atoms with Crippen LogP contribution in [0.3, 0.4) is 0 Å². The second kappa shape index (κ2) is 18.3. The third kappa shape index (κ3) is 8.55. The van der Waals surface area contributed by atoms with Gasteiger partial charge in [0.05, 0.1) is 11.4 Å². The van der Waals surface area contributed by atoms with E-state index in [9.17, 15) is 19.2 Å². The Hall–Kier alpha value is -6.55. The number of carbonyl (C=O) groups excluding carboxylic acids is 4. The Morgan fingerprint density at radius 2 is 1.43 bits per heavy atom. The summed E-state index contributed by atoms with van der Waals surface area (Å²) in [5.41, 5.74) is 11.7. The highest BCUT2D eigenvalue weighted by atomic mass is 16.5. The van der Waals surface area contributed by atoms with Crippen LogP contribution < -0.4 is 20.7 Å². The van der Waals surface area contributed by atoms with Crippen molar-refractivity contribution in [3.8, 4) is 22.8 Å². The monoisotopic (exact) mass is 905 g/mol. The van der Waals surface area contributed by atoms with Gasteiger partial charge in [-0.25, -0.2) is 19.4 Å². The molecule has 2 unspecified atom stereocenters. The van der Waals surface area contributed by atoms with E-state index in [-0.39, 0.29) is 36.2 Å². The predicted octanol–water partition coefficient (Wildman–Crippen LogP) is 6.48. The van der Waals surface area contributed by atoms with Crippen LogP contribution in [-0.2, 0) is 16.1 Å². The van der Waals surface area contributed by atoms with Gasteiger partial charge in [-0.15, -0.1) is 0 Å². The second-order valence-corrected chi connectivity index (χ2v) is 19.4. The third-order valence-corrected chi connectivity index (χ3v) is 15.5.